The molecule has 0 aliphatic heterocycles. The lowest BCUT2D eigenvalue weighted by molar-refractivity contribution is 0.102. The van der Waals surface area contributed by atoms with Crippen molar-refractivity contribution in [2.24, 2.45) is 0 Å². The summed E-state index contributed by atoms with van der Waals surface area (Å²) < 4.78 is 28.7. The fraction of sp³-hybridized carbons (Fsp3) is 0.278. The highest BCUT2D eigenvalue weighted by Crippen LogP contribution is 2.40. The van der Waals surface area contributed by atoms with Gasteiger partial charge in [-0.1, -0.05) is 11.2 Å². The molecule has 1 N–H and O–H groups in total. The molecule has 0 spiro atoms. The van der Waals surface area contributed by atoms with Crippen LogP contribution in [0.5, 0.6) is 0 Å². The summed E-state index contributed by atoms with van der Waals surface area (Å²) in [6.07, 6.45) is 3.22. The van der Waals surface area contributed by atoms with Gasteiger partial charge in [-0.3, -0.25) is 4.79 Å². The van der Waals surface area contributed by atoms with Crippen LogP contribution in [0.3, 0.4) is 0 Å². The van der Waals surface area contributed by atoms with Crippen molar-refractivity contribution in [1.29, 1.82) is 0 Å². The Bertz CT molecular complexity index is 1130. The maximum absolute atomic E-state index is 12.9. The SMILES string of the molecule is Cc1noc2nc(C3CC3)cc(C(=O)Nc3cccc(S(C)(=O)=O)c3)c12. The first-order valence-electron chi connectivity index (χ1n) is 8.21. The van der Waals surface area contributed by atoms with Crippen LogP contribution in [0, 0.1) is 6.92 Å². The second-order valence-electron chi connectivity index (χ2n) is 6.57. The van der Waals surface area contributed by atoms with Gasteiger partial charge in [0.05, 0.1) is 21.5 Å². The molecular formula is C18H17N3O4S. The Labute approximate surface area is 150 Å². The minimum Gasteiger partial charge on any atom is -0.336 e. The van der Waals surface area contributed by atoms with E-state index in [4.69, 9.17) is 4.52 Å². The summed E-state index contributed by atoms with van der Waals surface area (Å²) in [7, 11) is -3.35. The van der Waals surface area contributed by atoms with Crippen LogP contribution >= 0.6 is 0 Å². The van der Waals surface area contributed by atoms with Crippen molar-refractivity contribution < 1.29 is 17.7 Å². The number of rotatable bonds is 4. The number of nitrogens with zero attached hydrogens (tertiary/aromatic N) is 2. The second kappa shape index (κ2) is 5.91. The van der Waals surface area contributed by atoms with Gasteiger partial charge in [0, 0.05) is 23.6 Å². The Hall–Kier alpha value is -2.74. The summed E-state index contributed by atoms with van der Waals surface area (Å²) in [5, 5.41) is 7.26. The average Bonchev–Trinajstić information content (AvgIpc) is 3.38. The lowest BCUT2D eigenvalue weighted by atomic mass is 10.1. The highest BCUT2D eigenvalue weighted by molar-refractivity contribution is 7.90. The minimum atomic E-state index is -3.35. The van der Waals surface area contributed by atoms with E-state index in [1.165, 1.54) is 12.1 Å². The molecule has 1 aromatic carbocycles. The van der Waals surface area contributed by atoms with Crippen molar-refractivity contribution >= 4 is 32.5 Å². The standard InChI is InChI=1S/C18H17N3O4S/c1-10-16-14(9-15(11-6-7-11)20-18(16)25-21-10)17(22)19-12-4-3-5-13(8-12)26(2,23)24/h3-5,8-9,11H,6-7H2,1-2H3,(H,19,22). The number of hydrogen-bond acceptors (Lipinski definition) is 6. The zero-order valence-electron chi connectivity index (χ0n) is 14.3. The summed E-state index contributed by atoms with van der Waals surface area (Å²) in [6.45, 7) is 1.76. The maximum Gasteiger partial charge on any atom is 0.259 e. The van der Waals surface area contributed by atoms with Crippen LogP contribution in [-0.4, -0.2) is 30.7 Å². The van der Waals surface area contributed by atoms with Gasteiger partial charge in [-0.05, 0) is 44.0 Å². The first-order chi connectivity index (χ1) is 12.3. The van der Waals surface area contributed by atoms with Gasteiger partial charge in [0.25, 0.3) is 11.6 Å². The Kier molecular flexibility index (Phi) is 3.80. The summed E-state index contributed by atoms with van der Waals surface area (Å²) in [5.74, 6) is 0.00108. The molecule has 1 fully saturated rings. The molecular weight excluding hydrogens is 354 g/mol. The highest BCUT2D eigenvalue weighted by atomic mass is 32.2. The highest BCUT2D eigenvalue weighted by Gasteiger charge is 2.28. The topological polar surface area (TPSA) is 102 Å². The largest absolute Gasteiger partial charge is 0.336 e. The molecule has 4 rings (SSSR count). The van der Waals surface area contributed by atoms with E-state index in [1.807, 2.05) is 0 Å². The number of nitrogens with one attached hydrogen (secondary N) is 1. The third-order valence-electron chi connectivity index (χ3n) is 4.40. The monoisotopic (exact) mass is 371 g/mol. The number of carbonyl (C=O) groups excluding carboxylic acids is 1. The fourth-order valence-electron chi connectivity index (χ4n) is 2.88. The number of benzene rings is 1. The predicted octanol–water partition coefficient (Wildman–Crippen LogP) is 3.06. The van der Waals surface area contributed by atoms with Crippen molar-refractivity contribution in [1.82, 2.24) is 10.1 Å². The minimum absolute atomic E-state index is 0.148. The van der Waals surface area contributed by atoms with E-state index in [0.717, 1.165) is 24.8 Å². The molecule has 2 aromatic heterocycles. The van der Waals surface area contributed by atoms with Crippen LogP contribution in [0.15, 0.2) is 39.8 Å². The number of carbonyl (C=O) groups is 1. The molecule has 134 valence electrons. The number of amides is 1. The molecule has 8 heteroatoms. The molecule has 2 heterocycles. The smallest absolute Gasteiger partial charge is 0.259 e. The van der Waals surface area contributed by atoms with E-state index in [9.17, 15) is 13.2 Å². The number of anilines is 1. The molecule has 1 aliphatic rings. The quantitative estimate of drug-likeness (QED) is 0.756. The van der Waals surface area contributed by atoms with E-state index in [1.54, 1.807) is 25.1 Å². The van der Waals surface area contributed by atoms with Crippen LogP contribution in [0.4, 0.5) is 5.69 Å². The lowest BCUT2D eigenvalue weighted by Gasteiger charge is -2.09. The summed E-state index contributed by atoms with van der Waals surface area (Å²) in [6, 6.07) is 7.94. The van der Waals surface area contributed by atoms with Gasteiger partial charge >= 0.3 is 0 Å². The molecule has 3 aromatic rings. The molecule has 1 saturated carbocycles. The normalized spacial score (nSPS) is 14.5. The number of aromatic nitrogens is 2. The van der Waals surface area contributed by atoms with Gasteiger partial charge in [0.1, 0.15) is 0 Å². The molecule has 0 saturated heterocycles. The Balaban J connectivity index is 1.73. The van der Waals surface area contributed by atoms with Gasteiger partial charge in [0.15, 0.2) is 9.84 Å². The number of sulfone groups is 1. The first kappa shape index (κ1) is 16.7. The fourth-order valence-corrected chi connectivity index (χ4v) is 3.55. The zero-order valence-corrected chi connectivity index (χ0v) is 15.1. The van der Waals surface area contributed by atoms with E-state index in [-0.39, 0.29) is 10.8 Å². The van der Waals surface area contributed by atoms with E-state index in [0.29, 0.717) is 34.0 Å². The maximum atomic E-state index is 12.9. The molecule has 0 unspecified atom stereocenters. The van der Waals surface area contributed by atoms with Crippen molar-refractivity contribution in [2.75, 3.05) is 11.6 Å². The molecule has 7 nitrogen and oxygen atoms in total. The third kappa shape index (κ3) is 3.08. The molecule has 26 heavy (non-hydrogen) atoms. The summed E-state index contributed by atoms with van der Waals surface area (Å²) in [4.78, 5) is 17.5. The average molecular weight is 371 g/mol. The lowest BCUT2D eigenvalue weighted by Crippen LogP contribution is -2.14. The van der Waals surface area contributed by atoms with Crippen LogP contribution < -0.4 is 5.32 Å². The molecule has 1 amide bonds. The van der Waals surface area contributed by atoms with Gasteiger partial charge in [0.2, 0.25) is 0 Å². The third-order valence-corrected chi connectivity index (χ3v) is 5.51. The van der Waals surface area contributed by atoms with Crippen molar-refractivity contribution in [3.8, 4) is 0 Å². The Morgan fingerprint density at radius 3 is 2.73 bits per heavy atom. The molecule has 0 radical (unpaired) electrons. The number of aryl methyl sites for hydroxylation is 1. The zero-order chi connectivity index (χ0) is 18.5. The molecule has 0 bridgehead atoms. The van der Waals surface area contributed by atoms with Gasteiger partial charge in [-0.2, -0.15) is 0 Å². The van der Waals surface area contributed by atoms with Crippen molar-refractivity contribution in [3.63, 3.8) is 0 Å². The number of fused-ring (bicyclic) bond motifs is 1. The summed E-state index contributed by atoms with van der Waals surface area (Å²) >= 11 is 0. The van der Waals surface area contributed by atoms with Crippen molar-refractivity contribution in [3.05, 3.63) is 47.3 Å². The Morgan fingerprint density at radius 2 is 2.04 bits per heavy atom. The van der Waals surface area contributed by atoms with Crippen molar-refractivity contribution in [2.45, 2.75) is 30.6 Å². The van der Waals surface area contributed by atoms with Gasteiger partial charge in [-0.15, -0.1) is 0 Å². The second-order valence-corrected chi connectivity index (χ2v) is 8.59. The van der Waals surface area contributed by atoms with Crippen LogP contribution in [0.1, 0.15) is 40.5 Å². The predicted molar refractivity (Wildman–Crippen MR) is 96.0 cm³/mol. The van der Waals surface area contributed by atoms with Crippen LogP contribution in [0.2, 0.25) is 0 Å². The van der Waals surface area contributed by atoms with E-state index < -0.39 is 9.84 Å². The van der Waals surface area contributed by atoms with Gasteiger partial charge in [-0.25, -0.2) is 13.4 Å². The Morgan fingerprint density at radius 1 is 1.27 bits per heavy atom. The van der Waals surface area contributed by atoms with E-state index in [2.05, 4.69) is 15.5 Å². The number of hydrogen-bond donors (Lipinski definition) is 1. The number of pyridine rings is 1. The van der Waals surface area contributed by atoms with E-state index >= 15 is 0 Å². The van der Waals surface area contributed by atoms with Crippen LogP contribution in [-0.2, 0) is 9.84 Å². The van der Waals surface area contributed by atoms with Gasteiger partial charge < -0.3 is 9.84 Å². The molecule has 1 aliphatic carbocycles. The first-order valence-corrected chi connectivity index (χ1v) is 10.1. The van der Waals surface area contributed by atoms with Crippen LogP contribution in [0.25, 0.3) is 11.1 Å². The molecule has 0 atom stereocenters. The summed E-state index contributed by atoms with van der Waals surface area (Å²) in [5.41, 5.74) is 2.60.